The number of aryl methyl sites for hydroxylation is 1. The Morgan fingerprint density at radius 2 is 1.96 bits per heavy atom. The molecule has 3 aromatic rings. The number of fused-ring (bicyclic) bond motifs is 1. The van der Waals surface area contributed by atoms with E-state index in [0.717, 1.165) is 28.1 Å². The summed E-state index contributed by atoms with van der Waals surface area (Å²) >= 11 is 0. The van der Waals surface area contributed by atoms with Crippen molar-refractivity contribution in [2.75, 3.05) is 5.32 Å². The molecule has 1 aromatic heterocycles. The van der Waals surface area contributed by atoms with Gasteiger partial charge in [0.2, 0.25) is 5.91 Å². The molecule has 5 heteroatoms. The first-order valence-corrected chi connectivity index (χ1v) is 7.44. The molecule has 0 radical (unpaired) electrons. The molecular weight excluding hydrogens is 288 g/mol. The van der Waals surface area contributed by atoms with Crippen LogP contribution in [0.5, 0.6) is 0 Å². The monoisotopic (exact) mass is 304 g/mol. The van der Waals surface area contributed by atoms with Gasteiger partial charge in [0.15, 0.2) is 0 Å². The van der Waals surface area contributed by atoms with Gasteiger partial charge in [0.1, 0.15) is 5.82 Å². The number of hydrogen-bond acceptors (Lipinski definition) is 3. The van der Waals surface area contributed by atoms with Gasteiger partial charge in [0.05, 0.1) is 23.5 Å². The average molecular weight is 304 g/mol. The summed E-state index contributed by atoms with van der Waals surface area (Å²) in [5.41, 5.74) is 3.57. The van der Waals surface area contributed by atoms with E-state index < -0.39 is 0 Å². The quantitative estimate of drug-likeness (QED) is 0.759. The number of nitrogens with one attached hydrogen (secondary N) is 2. The number of aromatic nitrogens is 2. The minimum atomic E-state index is -0.0570. The number of nitrogens with zero attached hydrogens (tertiary/aromatic N) is 2. The molecule has 0 aliphatic heterocycles. The molecule has 1 amide bonds. The number of H-pyrrole nitrogens is 1. The molecule has 3 rings (SSSR count). The highest BCUT2D eigenvalue weighted by Crippen LogP contribution is 2.13. The van der Waals surface area contributed by atoms with Crippen molar-refractivity contribution in [1.82, 2.24) is 9.97 Å². The number of rotatable bonds is 5. The van der Waals surface area contributed by atoms with Crippen molar-refractivity contribution >= 4 is 22.6 Å². The number of anilines is 1. The fourth-order valence-corrected chi connectivity index (χ4v) is 2.38. The second-order valence-corrected chi connectivity index (χ2v) is 5.28. The number of benzene rings is 2. The number of amides is 1. The molecule has 0 spiro atoms. The van der Waals surface area contributed by atoms with Crippen LogP contribution in [0, 0.1) is 11.3 Å². The fourth-order valence-electron chi connectivity index (χ4n) is 2.38. The second-order valence-electron chi connectivity index (χ2n) is 5.28. The van der Waals surface area contributed by atoms with Crippen LogP contribution in [0.4, 0.5) is 5.69 Å². The van der Waals surface area contributed by atoms with Gasteiger partial charge in [-0.15, -0.1) is 0 Å². The van der Waals surface area contributed by atoms with E-state index in [4.69, 9.17) is 5.26 Å². The predicted octanol–water partition coefficient (Wildman–Crippen LogP) is 3.20. The second kappa shape index (κ2) is 6.75. The van der Waals surface area contributed by atoms with Crippen molar-refractivity contribution in [3.63, 3.8) is 0 Å². The first kappa shape index (κ1) is 14.8. The lowest BCUT2D eigenvalue weighted by molar-refractivity contribution is -0.116. The van der Waals surface area contributed by atoms with Gasteiger partial charge in [-0.1, -0.05) is 24.3 Å². The Hall–Kier alpha value is -3.13. The third kappa shape index (κ3) is 3.74. The summed E-state index contributed by atoms with van der Waals surface area (Å²) < 4.78 is 0. The van der Waals surface area contributed by atoms with E-state index in [0.29, 0.717) is 19.3 Å². The maximum absolute atomic E-state index is 12.0. The van der Waals surface area contributed by atoms with Crippen LogP contribution >= 0.6 is 0 Å². The molecule has 0 unspecified atom stereocenters. The molecule has 0 bridgehead atoms. The van der Waals surface area contributed by atoms with Crippen molar-refractivity contribution in [1.29, 1.82) is 5.26 Å². The number of para-hydroxylation sites is 2. The molecule has 23 heavy (non-hydrogen) atoms. The Kier molecular flexibility index (Phi) is 4.34. The van der Waals surface area contributed by atoms with Crippen LogP contribution in [-0.2, 0) is 17.6 Å². The zero-order valence-corrected chi connectivity index (χ0v) is 12.5. The smallest absolute Gasteiger partial charge is 0.224 e. The number of carbonyl (C=O) groups is 1. The van der Waals surface area contributed by atoms with Crippen molar-refractivity contribution in [2.45, 2.75) is 19.3 Å². The van der Waals surface area contributed by atoms with Gasteiger partial charge >= 0.3 is 0 Å². The van der Waals surface area contributed by atoms with Gasteiger partial charge in [-0.05, 0) is 29.8 Å². The van der Waals surface area contributed by atoms with E-state index in [-0.39, 0.29) is 5.91 Å². The summed E-state index contributed by atoms with van der Waals surface area (Å²) in [6.07, 6.45) is 1.30. The van der Waals surface area contributed by atoms with Crippen LogP contribution in [0.1, 0.15) is 17.8 Å². The molecule has 1 heterocycles. The van der Waals surface area contributed by atoms with Gasteiger partial charge in [-0.2, -0.15) is 5.26 Å². The Morgan fingerprint density at radius 3 is 2.70 bits per heavy atom. The summed E-state index contributed by atoms with van der Waals surface area (Å²) in [5, 5.41) is 11.5. The van der Waals surface area contributed by atoms with E-state index in [1.165, 1.54) is 0 Å². The maximum atomic E-state index is 12.0. The fraction of sp³-hybridized carbons (Fsp3) is 0.167. The van der Waals surface area contributed by atoms with Crippen molar-refractivity contribution in [3.05, 3.63) is 59.9 Å². The van der Waals surface area contributed by atoms with Gasteiger partial charge in [-0.3, -0.25) is 4.79 Å². The molecule has 0 saturated carbocycles. The third-order valence-corrected chi connectivity index (χ3v) is 3.55. The van der Waals surface area contributed by atoms with Crippen LogP contribution in [0.15, 0.2) is 48.5 Å². The lowest BCUT2D eigenvalue weighted by Gasteiger charge is -2.05. The standard InChI is InChI=1S/C18H16N4O/c19-12-11-13-5-7-14(8-6-13)20-18(23)10-9-17-21-15-3-1-2-4-16(15)22-17/h1-8H,9-11H2,(H,20,23)(H,21,22). The highest BCUT2D eigenvalue weighted by atomic mass is 16.1. The van der Waals surface area contributed by atoms with Crippen molar-refractivity contribution < 1.29 is 4.79 Å². The SMILES string of the molecule is N#CCc1ccc(NC(=O)CCc2nc3ccccc3[nH]2)cc1. The van der Waals surface area contributed by atoms with Crippen LogP contribution < -0.4 is 5.32 Å². The number of imidazole rings is 1. The molecule has 5 nitrogen and oxygen atoms in total. The van der Waals surface area contributed by atoms with E-state index in [1.54, 1.807) is 0 Å². The van der Waals surface area contributed by atoms with Crippen molar-refractivity contribution in [2.24, 2.45) is 0 Å². The largest absolute Gasteiger partial charge is 0.342 e. The number of aromatic amines is 1. The first-order valence-electron chi connectivity index (χ1n) is 7.44. The minimum Gasteiger partial charge on any atom is -0.342 e. The lowest BCUT2D eigenvalue weighted by Crippen LogP contribution is -2.12. The summed E-state index contributed by atoms with van der Waals surface area (Å²) in [4.78, 5) is 19.7. The summed E-state index contributed by atoms with van der Waals surface area (Å²) in [6, 6.07) is 17.2. The highest BCUT2D eigenvalue weighted by Gasteiger charge is 2.06. The average Bonchev–Trinajstić information content (AvgIpc) is 2.98. The maximum Gasteiger partial charge on any atom is 0.224 e. The summed E-state index contributed by atoms with van der Waals surface area (Å²) in [7, 11) is 0. The lowest BCUT2D eigenvalue weighted by atomic mass is 10.1. The van der Waals surface area contributed by atoms with E-state index >= 15 is 0 Å². The third-order valence-electron chi connectivity index (χ3n) is 3.55. The first-order chi connectivity index (χ1) is 11.2. The van der Waals surface area contributed by atoms with Crippen LogP contribution in [0.2, 0.25) is 0 Å². The number of nitriles is 1. The number of carbonyl (C=O) groups excluding carboxylic acids is 1. The predicted molar refractivity (Wildman–Crippen MR) is 88.8 cm³/mol. The molecular formula is C18H16N4O. The normalized spacial score (nSPS) is 10.4. The molecule has 114 valence electrons. The molecule has 0 aliphatic carbocycles. The van der Waals surface area contributed by atoms with E-state index in [9.17, 15) is 4.79 Å². The van der Waals surface area contributed by atoms with Crippen LogP contribution in [-0.4, -0.2) is 15.9 Å². The van der Waals surface area contributed by atoms with Gasteiger partial charge in [0.25, 0.3) is 0 Å². The molecule has 2 aromatic carbocycles. The van der Waals surface area contributed by atoms with Gasteiger partial charge < -0.3 is 10.3 Å². The summed E-state index contributed by atoms with van der Waals surface area (Å²) in [5.74, 6) is 0.754. The molecule has 0 atom stereocenters. The topological polar surface area (TPSA) is 81.6 Å². The van der Waals surface area contributed by atoms with Crippen molar-refractivity contribution in [3.8, 4) is 6.07 Å². The highest BCUT2D eigenvalue weighted by molar-refractivity contribution is 5.90. The zero-order chi connectivity index (χ0) is 16.1. The molecule has 2 N–H and O–H groups in total. The Bertz CT molecular complexity index is 826. The van der Waals surface area contributed by atoms with Gasteiger partial charge in [0, 0.05) is 18.5 Å². The molecule has 0 saturated heterocycles. The minimum absolute atomic E-state index is 0.0570. The van der Waals surface area contributed by atoms with Crippen LogP contribution in [0.25, 0.3) is 11.0 Å². The van der Waals surface area contributed by atoms with E-state index in [2.05, 4.69) is 21.4 Å². The van der Waals surface area contributed by atoms with E-state index in [1.807, 2.05) is 48.5 Å². The molecule has 0 fully saturated rings. The van der Waals surface area contributed by atoms with Crippen LogP contribution in [0.3, 0.4) is 0 Å². The number of hydrogen-bond donors (Lipinski definition) is 2. The Labute approximate surface area is 134 Å². The van der Waals surface area contributed by atoms with Gasteiger partial charge in [-0.25, -0.2) is 4.98 Å². The zero-order valence-electron chi connectivity index (χ0n) is 12.5. The Morgan fingerprint density at radius 1 is 1.17 bits per heavy atom. The Balaban J connectivity index is 1.55. The molecule has 0 aliphatic rings. The summed E-state index contributed by atoms with van der Waals surface area (Å²) in [6.45, 7) is 0.